The Labute approximate surface area is 145 Å². The quantitative estimate of drug-likeness (QED) is 0.846. The van der Waals surface area contributed by atoms with Gasteiger partial charge in [-0.1, -0.05) is 38.1 Å². The van der Waals surface area contributed by atoms with Crippen LogP contribution in [-0.4, -0.2) is 17.6 Å². The Hall–Kier alpha value is -2.27. The molecule has 2 aromatic rings. The van der Waals surface area contributed by atoms with Gasteiger partial charge in [0.1, 0.15) is 6.61 Å². The molecule has 1 aliphatic rings. The van der Waals surface area contributed by atoms with Gasteiger partial charge in [-0.05, 0) is 35.2 Å². The van der Waals surface area contributed by atoms with Crippen LogP contribution in [0.4, 0.5) is 5.69 Å². The highest BCUT2D eigenvalue weighted by atomic mass is 32.2. The van der Waals surface area contributed by atoms with E-state index in [1.165, 1.54) is 17.3 Å². The Morgan fingerprint density at radius 2 is 1.96 bits per heavy atom. The van der Waals surface area contributed by atoms with Crippen molar-refractivity contribution in [2.75, 3.05) is 11.1 Å². The van der Waals surface area contributed by atoms with Crippen LogP contribution in [0.5, 0.6) is 0 Å². The van der Waals surface area contributed by atoms with Crippen molar-refractivity contribution in [3.05, 3.63) is 59.2 Å². The zero-order valence-corrected chi connectivity index (χ0v) is 14.5. The van der Waals surface area contributed by atoms with Crippen molar-refractivity contribution in [3.8, 4) is 0 Å². The van der Waals surface area contributed by atoms with Crippen LogP contribution in [0.2, 0.25) is 0 Å². The summed E-state index contributed by atoms with van der Waals surface area (Å²) in [4.78, 5) is 24.6. The number of rotatable bonds is 4. The number of anilines is 1. The predicted molar refractivity (Wildman–Crippen MR) is 95.4 cm³/mol. The van der Waals surface area contributed by atoms with E-state index in [2.05, 4.69) is 31.3 Å². The molecule has 4 nitrogen and oxygen atoms in total. The molecule has 1 N–H and O–H groups in total. The van der Waals surface area contributed by atoms with Crippen LogP contribution in [-0.2, 0) is 16.1 Å². The Bertz CT molecular complexity index is 769. The van der Waals surface area contributed by atoms with Crippen LogP contribution in [0.3, 0.4) is 0 Å². The smallest absolute Gasteiger partial charge is 0.338 e. The molecule has 1 heterocycles. The van der Waals surface area contributed by atoms with E-state index >= 15 is 0 Å². The van der Waals surface area contributed by atoms with Crippen molar-refractivity contribution < 1.29 is 14.3 Å². The highest BCUT2D eigenvalue weighted by Gasteiger charge is 2.17. The summed E-state index contributed by atoms with van der Waals surface area (Å²) in [6.07, 6.45) is 0. The molecule has 0 radical (unpaired) electrons. The topological polar surface area (TPSA) is 55.4 Å². The maximum Gasteiger partial charge on any atom is 0.338 e. The van der Waals surface area contributed by atoms with Gasteiger partial charge in [0.25, 0.3) is 0 Å². The van der Waals surface area contributed by atoms with Gasteiger partial charge >= 0.3 is 5.97 Å². The number of benzene rings is 2. The number of carbonyl (C=O) groups excluding carboxylic acids is 2. The van der Waals surface area contributed by atoms with Gasteiger partial charge in [0.05, 0.1) is 17.0 Å². The Balaban J connectivity index is 1.65. The first-order valence-electron chi connectivity index (χ1n) is 7.85. The van der Waals surface area contributed by atoms with E-state index in [-0.39, 0.29) is 12.5 Å². The van der Waals surface area contributed by atoms with Crippen LogP contribution < -0.4 is 5.32 Å². The third-order valence-electron chi connectivity index (χ3n) is 3.86. The third-order valence-corrected chi connectivity index (χ3v) is 4.94. The van der Waals surface area contributed by atoms with E-state index in [4.69, 9.17) is 4.74 Å². The average molecular weight is 341 g/mol. The lowest BCUT2D eigenvalue weighted by molar-refractivity contribution is -0.113. The maximum absolute atomic E-state index is 12.2. The second-order valence-electron chi connectivity index (χ2n) is 6.02. The van der Waals surface area contributed by atoms with Crippen LogP contribution in [0.25, 0.3) is 0 Å². The number of carbonyl (C=O) groups is 2. The summed E-state index contributed by atoms with van der Waals surface area (Å²) in [6, 6.07) is 13.3. The van der Waals surface area contributed by atoms with E-state index < -0.39 is 5.97 Å². The summed E-state index contributed by atoms with van der Waals surface area (Å²) in [5.41, 5.74) is 3.32. The largest absolute Gasteiger partial charge is 0.457 e. The van der Waals surface area contributed by atoms with Crippen molar-refractivity contribution in [3.63, 3.8) is 0 Å². The summed E-state index contributed by atoms with van der Waals surface area (Å²) >= 11 is 1.47. The SMILES string of the molecule is CC(C)c1ccc(COC(=O)c2ccc3c(c2)NC(=O)CS3)cc1. The first-order valence-corrected chi connectivity index (χ1v) is 8.84. The second kappa shape index (κ2) is 7.09. The maximum atomic E-state index is 12.2. The summed E-state index contributed by atoms with van der Waals surface area (Å²) < 4.78 is 5.37. The fraction of sp³-hybridized carbons (Fsp3) is 0.263. The molecule has 0 fully saturated rings. The highest BCUT2D eigenvalue weighted by molar-refractivity contribution is 8.00. The minimum absolute atomic E-state index is 0.0525. The van der Waals surface area contributed by atoms with Crippen molar-refractivity contribution in [2.24, 2.45) is 0 Å². The van der Waals surface area contributed by atoms with Crippen LogP contribution in [0.1, 0.15) is 41.3 Å². The van der Waals surface area contributed by atoms with Crippen molar-refractivity contribution in [2.45, 2.75) is 31.3 Å². The molecule has 24 heavy (non-hydrogen) atoms. The van der Waals surface area contributed by atoms with Gasteiger partial charge in [0.2, 0.25) is 5.91 Å². The molecule has 5 heteroatoms. The Kier molecular flexibility index (Phi) is 4.90. The van der Waals surface area contributed by atoms with Crippen LogP contribution in [0, 0.1) is 0 Å². The molecule has 1 aliphatic heterocycles. The lowest BCUT2D eigenvalue weighted by Crippen LogP contribution is -2.19. The van der Waals surface area contributed by atoms with Gasteiger partial charge in [-0.25, -0.2) is 4.79 Å². The number of fused-ring (bicyclic) bond motifs is 1. The summed E-state index contributed by atoms with van der Waals surface area (Å²) in [7, 11) is 0. The second-order valence-corrected chi connectivity index (χ2v) is 7.04. The molecule has 0 aromatic heterocycles. The fourth-order valence-electron chi connectivity index (χ4n) is 2.44. The molecule has 0 aliphatic carbocycles. The summed E-state index contributed by atoms with van der Waals surface area (Å²) in [5.74, 6) is 0.437. The van der Waals surface area contributed by atoms with Crippen LogP contribution >= 0.6 is 11.8 Å². The normalized spacial score (nSPS) is 13.4. The molecule has 0 saturated carbocycles. The summed E-state index contributed by atoms with van der Waals surface area (Å²) in [6.45, 7) is 4.51. The molecular weight excluding hydrogens is 322 g/mol. The molecule has 0 unspecified atom stereocenters. The number of thioether (sulfide) groups is 1. The molecule has 124 valence electrons. The number of hydrogen-bond donors (Lipinski definition) is 1. The molecule has 0 atom stereocenters. The molecule has 3 rings (SSSR count). The fourth-order valence-corrected chi connectivity index (χ4v) is 3.23. The van der Waals surface area contributed by atoms with Gasteiger partial charge in [-0.3, -0.25) is 4.79 Å². The minimum Gasteiger partial charge on any atom is -0.457 e. The number of esters is 1. The van der Waals surface area contributed by atoms with E-state index in [9.17, 15) is 9.59 Å². The van der Waals surface area contributed by atoms with Gasteiger partial charge in [-0.15, -0.1) is 11.8 Å². The monoisotopic (exact) mass is 341 g/mol. The van der Waals surface area contributed by atoms with Gasteiger partial charge in [-0.2, -0.15) is 0 Å². The zero-order valence-electron chi connectivity index (χ0n) is 13.7. The standard InChI is InChI=1S/C19H19NO3S/c1-12(2)14-5-3-13(4-6-14)10-23-19(22)15-7-8-17-16(9-15)20-18(21)11-24-17/h3-9,12H,10-11H2,1-2H3,(H,20,21). The molecule has 2 aromatic carbocycles. The first-order chi connectivity index (χ1) is 11.5. The minimum atomic E-state index is -0.393. The predicted octanol–water partition coefficient (Wildman–Crippen LogP) is 4.21. The molecule has 0 spiro atoms. The lowest BCUT2D eigenvalue weighted by atomic mass is 10.0. The molecule has 0 saturated heterocycles. The van der Waals surface area contributed by atoms with Gasteiger partial charge < -0.3 is 10.1 Å². The van der Waals surface area contributed by atoms with E-state index in [1.807, 2.05) is 18.2 Å². The molecule has 1 amide bonds. The van der Waals surface area contributed by atoms with Crippen molar-refractivity contribution >= 4 is 29.3 Å². The van der Waals surface area contributed by atoms with E-state index in [0.717, 1.165) is 10.5 Å². The Morgan fingerprint density at radius 3 is 2.67 bits per heavy atom. The zero-order chi connectivity index (χ0) is 17.1. The van der Waals surface area contributed by atoms with Crippen molar-refractivity contribution in [1.29, 1.82) is 0 Å². The average Bonchev–Trinajstić information content (AvgIpc) is 2.59. The number of amides is 1. The van der Waals surface area contributed by atoms with E-state index in [1.54, 1.807) is 12.1 Å². The summed E-state index contributed by atoms with van der Waals surface area (Å²) in [5, 5.41) is 2.78. The molecular formula is C19H19NO3S. The van der Waals surface area contributed by atoms with E-state index in [0.29, 0.717) is 22.9 Å². The number of hydrogen-bond acceptors (Lipinski definition) is 4. The molecule has 0 bridgehead atoms. The Morgan fingerprint density at radius 1 is 1.21 bits per heavy atom. The number of nitrogens with one attached hydrogen (secondary N) is 1. The number of ether oxygens (including phenoxy) is 1. The van der Waals surface area contributed by atoms with Gasteiger partial charge in [0, 0.05) is 4.90 Å². The first kappa shape index (κ1) is 16.6. The lowest BCUT2D eigenvalue weighted by Gasteiger charge is -2.16. The van der Waals surface area contributed by atoms with Crippen LogP contribution in [0.15, 0.2) is 47.4 Å². The third kappa shape index (κ3) is 3.79. The van der Waals surface area contributed by atoms with Gasteiger partial charge in [0.15, 0.2) is 0 Å². The van der Waals surface area contributed by atoms with Crippen molar-refractivity contribution in [1.82, 2.24) is 0 Å². The highest BCUT2D eigenvalue weighted by Crippen LogP contribution is 2.32.